The molecular weight excluding hydrogens is 318 g/mol. The number of benzene rings is 2. The summed E-state index contributed by atoms with van der Waals surface area (Å²) >= 11 is 3.36. The summed E-state index contributed by atoms with van der Waals surface area (Å²) in [6, 6.07) is 14.9. The summed E-state index contributed by atoms with van der Waals surface area (Å²) in [7, 11) is 0. The Balaban J connectivity index is 2.01. The van der Waals surface area contributed by atoms with Crippen molar-refractivity contribution >= 4 is 27.5 Å². The van der Waals surface area contributed by atoms with Crippen molar-refractivity contribution in [1.29, 1.82) is 0 Å². The van der Waals surface area contributed by atoms with E-state index in [-0.39, 0.29) is 5.91 Å². The third-order valence-corrected chi connectivity index (χ3v) is 3.46. The molecule has 4 heteroatoms. The first-order valence-corrected chi connectivity index (χ1v) is 7.16. The molecule has 0 aliphatic carbocycles. The van der Waals surface area contributed by atoms with E-state index in [1.165, 1.54) is 0 Å². The number of halogens is 1. The van der Waals surface area contributed by atoms with Gasteiger partial charge in [-0.05, 0) is 42.3 Å². The average molecular weight is 334 g/mol. The van der Waals surface area contributed by atoms with Gasteiger partial charge >= 0.3 is 0 Å². The molecule has 2 N–H and O–H groups in total. The van der Waals surface area contributed by atoms with E-state index >= 15 is 0 Å². The van der Waals surface area contributed by atoms with Crippen molar-refractivity contribution in [1.82, 2.24) is 0 Å². The number of anilines is 1. The highest BCUT2D eigenvalue weighted by molar-refractivity contribution is 9.10. The van der Waals surface area contributed by atoms with Gasteiger partial charge in [-0.25, -0.2) is 0 Å². The summed E-state index contributed by atoms with van der Waals surface area (Å²) in [4.78, 5) is 12.0. The molecule has 2 aromatic carbocycles. The lowest BCUT2D eigenvalue weighted by Gasteiger charge is -2.09. The molecule has 0 bridgehead atoms. The maximum atomic E-state index is 12.0. The molecule has 0 spiro atoms. The summed E-state index contributed by atoms with van der Waals surface area (Å²) in [5, 5.41) is 12.4. The van der Waals surface area contributed by atoms with Crippen molar-refractivity contribution in [2.75, 3.05) is 5.32 Å². The number of carbonyl (C=O) groups is 1. The molecule has 0 radical (unpaired) electrons. The molecule has 0 aromatic heterocycles. The Morgan fingerprint density at radius 3 is 2.60 bits per heavy atom. The monoisotopic (exact) mass is 333 g/mol. The number of nitrogens with one attached hydrogen (secondary N) is 1. The fourth-order valence-corrected chi connectivity index (χ4v) is 2.13. The first kappa shape index (κ1) is 14.8. The number of aliphatic hydroxyl groups is 1. The molecule has 0 saturated heterocycles. The van der Waals surface area contributed by atoms with E-state index in [0.29, 0.717) is 12.1 Å². The van der Waals surface area contributed by atoms with Crippen molar-refractivity contribution in [2.24, 2.45) is 0 Å². The molecule has 0 heterocycles. The minimum atomic E-state index is -0.543. The van der Waals surface area contributed by atoms with Crippen LogP contribution in [0.5, 0.6) is 0 Å². The third kappa shape index (κ3) is 4.18. The number of hydrogen-bond donors (Lipinski definition) is 2. The van der Waals surface area contributed by atoms with Crippen LogP contribution < -0.4 is 5.32 Å². The van der Waals surface area contributed by atoms with E-state index in [0.717, 1.165) is 15.6 Å². The summed E-state index contributed by atoms with van der Waals surface area (Å²) in [5.74, 6) is -0.0740. The van der Waals surface area contributed by atoms with E-state index < -0.39 is 6.10 Å². The van der Waals surface area contributed by atoms with Crippen LogP contribution in [0.1, 0.15) is 24.2 Å². The lowest BCUT2D eigenvalue weighted by Crippen LogP contribution is -2.14. The van der Waals surface area contributed by atoms with E-state index in [1.807, 2.05) is 42.5 Å². The second kappa shape index (κ2) is 6.68. The van der Waals surface area contributed by atoms with Crippen LogP contribution in [0.4, 0.5) is 5.69 Å². The third-order valence-electron chi connectivity index (χ3n) is 2.93. The second-order valence-electron chi connectivity index (χ2n) is 4.65. The SMILES string of the molecule is CC(O)c1cccc(NC(=O)Cc2ccc(Br)cc2)c1. The molecule has 0 aliphatic rings. The van der Waals surface area contributed by atoms with Crippen LogP contribution in [0.2, 0.25) is 0 Å². The van der Waals surface area contributed by atoms with E-state index in [9.17, 15) is 9.90 Å². The fourth-order valence-electron chi connectivity index (χ4n) is 1.87. The molecule has 1 amide bonds. The minimum absolute atomic E-state index is 0.0740. The first-order chi connectivity index (χ1) is 9.54. The Hall–Kier alpha value is -1.65. The Bertz CT molecular complexity index is 594. The standard InChI is InChI=1S/C16H16BrNO2/c1-11(19)13-3-2-4-15(10-13)18-16(20)9-12-5-7-14(17)8-6-12/h2-8,10-11,19H,9H2,1H3,(H,18,20). The number of aliphatic hydroxyl groups excluding tert-OH is 1. The van der Waals surface area contributed by atoms with Crippen LogP contribution >= 0.6 is 15.9 Å². The van der Waals surface area contributed by atoms with Gasteiger partial charge in [0.1, 0.15) is 0 Å². The molecule has 2 aromatic rings. The van der Waals surface area contributed by atoms with Crippen molar-refractivity contribution in [3.63, 3.8) is 0 Å². The number of rotatable bonds is 4. The maximum absolute atomic E-state index is 12.0. The summed E-state index contributed by atoms with van der Waals surface area (Å²) in [5.41, 5.74) is 2.44. The van der Waals surface area contributed by atoms with Gasteiger partial charge in [0.2, 0.25) is 5.91 Å². The van der Waals surface area contributed by atoms with Crippen LogP contribution in [0.25, 0.3) is 0 Å². The second-order valence-corrected chi connectivity index (χ2v) is 5.57. The van der Waals surface area contributed by atoms with Gasteiger partial charge in [-0.1, -0.05) is 40.2 Å². The molecule has 1 atom stereocenters. The van der Waals surface area contributed by atoms with Crippen LogP contribution in [-0.2, 0) is 11.2 Å². The molecule has 20 heavy (non-hydrogen) atoms. The zero-order valence-electron chi connectivity index (χ0n) is 11.1. The van der Waals surface area contributed by atoms with Gasteiger partial charge in [-0.15, -0.1) is 0 Å². The molecule has 104 valence electrons. The predicted octanol–water partition coefficient (Wildman–Crippen LogP) is 3.68. The van der Waals surface area contributed by atoms with E-state index in [4.69, 9.17) is 0 Å². The lowest BCUT2D eigenvalue weighted by molar-refractivity contribution is -0.115. The van der Waals surface area contributed by atoms with Gasteiger partial charge < -0.3 is 10.4 Å². The maximum Gasteiger partial charge on any atom is 0.228 e. The number of hydrogen-bond acceptors (Lipinski definition) is 2. The predicted molar refractivity (Wildman–Crippen MR) is 83.6 cm³/mol. The highest BCUT2D eigenvalue weighted by Crippen LogP contribution is 2.17. The van der Waals surface area contributed by atoms with Gasteiger partial charge in [0, 0.05) is 10.2 Å². The van der Waals surface area contributed by atoms with E-state index in [1.54, 1.807) is 13.0 Å². The van der Waals surface area contributed by atoms with Crippen molar-refractivity contribution in [3.05, 3.63) is 64.1 Å². The van der Waals surface area contributed by atoms with Crippen molar-refractivity contribution in [2.45, 2.75) is 19.4 Å². The van der Waals surface area contributed by atoms with Crippen molar-refractivity contribution < 1.29 is 9.90 Å². The topological polar surface area (TPSA) is 49.3 Å². The Morgan fingerprint density at radius 2 is 1.95 bits per heavy atom. The van der Waals surface area contributed by atoms with Gasteiger partial charge in [-0.2, -0.15) is 0 Å². The summed E-state index contributed by atoms with van der Waals surface area (Å²) < 4.78 is 0.992. The molecule has 0 aliphatic heterocycles. The minimum Gasteiger partial charge on any atom is -0.389 e. The molecular formula is C16H16BrNO2. The largest absolute Gasteiger partial charge is 0.389 e. The van der Waals surface area contributed by atoms with Crippen LogP contribution in [0.15, 0.2) is 53.0 Å². The Morgan fingerprint density at radius 1 is 1.25 bits per heavy atom. The number of carbonyl (C=O) groups excluding carboxylic acids is 1. The van der Waals surface area contributed by atoms with Gasteiger partial charge in [0.05, 0.1) is 12.5 Å². The molecule has 1 unspecified atom stereocenters. The molecule has 2 rings (SSSR count). The Kier molecular flexibility index (Phi) is 4.93. The highest BCUT2D eigenvalue weighted by Gasteiger charge is 2.06. The molecule has 0 fully saturated rings. The summed E-state index contributed by atoms with van der Waals surface area (Å²) in [6.45, 7) is 1.70. The number of amides is 1. The fraction of sp³-hybridized carbons (Fsp3) is 0.188. The van der Waals surface area contributed by atoms with Crippen LogP contribution in [-0.4, -0.2) is 11.0 Å². The van der Waals surface area contributed by atoms with E-state index in [2.05, 4.69) is 21.2 Å². The van der Waals surface area contributed by atoms with Gasteiger partial charge in [0.15, 0.2) is 0 Å². The van der Waals surface area contributed by atoms with Gasteiger partial charge in [0.25, 0.3) is 0 Å². The Labute approximate surface area is 126 Å². The average Bonchev–Trinajstić information content (AvgIpc) is 2.41. The lowest BCUT2D eigenvalue weighted by atomic mass is 10.1. The van der Waals surface area contributed by atoms with Crippen molar-refractivity contribution in [3.8, 4) is 0 Å². The normalized spacial score (nSPS) is 11.9. The highest BCUT2D eigenvalue weighted by atomic mass is 79.9. The van der Waals surface area contributed by atoms with Crippen LogP contribution in [0.3, 0.4) is 0 Å². The van der Waals surface area contributed by atoms with Crippen LogP contribution in [0, 0.1) is 0 Å². The zero-order chi connectivity index (χ0) is 14.5. The molecule has 0 saturated carbocycles. The zero-order valence-corrected chi connectivity index (χ0v) is 12.7. The molecule has 3 nitrogen and oxygen atoms in total. The quantitative estimate of drug-likeness (QED) is 0.896. The summed E-state index contributed by atoms with van der Waals surface area (Å²) in [6.07, 6.45) is -0.218. The smallest absolute Gasteiger partial charge is 0.228 e. The van der Waals surface area contributed by atoms with Gasteiger partial charge in [-0.3, -0.25) is 4.79 Å². The first-order valence-electron chi connectivity index (χ1n) is 6.37.